The number of imidazole rings is 1. The molecule has 5 rings (SSSR count). The Morgan fingerprint density at radius 3 is 3.00 bits per heavy atom. The van der Waals surface area contributed by atoms with Crippen LogP contribution in [0.1, 0.15) is 19.3 Å². The number of aromatic nitrogens is 4. The van der Waals surface area contributed by atoms with Crippen LogP contribution < -0.4 is 4.90 Å². The van der Waals surface area contributed by atoms with Gasteiger partial charge in [0, 0.05) is 31.9 Å². The van der Waals surface area contributed by atoms with E-state index in [9.17, 15) is 4.79 Å². The first kappa shape index (κ1) is 15.7. The molecule has 1 atom stereocenters. The third kappa shape index (κ3) is 2.56. The Labute approximate surface area is 154 Å². The molecule has 0 bridgehead atoms. The van der Waals surface area contributed by atoms with Gasteiger partial charge in [0.1, 0.15) is 18.2 Å². The first-order chi connectivity index (χ1) is 12.7. The lowest BCUT2D eigenvalue weighted by Gasteiger charge is -2.37. The van der Waals surface area contributed by atoms with E-state index in [0.29, 0.717) is 6.54 Å². The van der Waals surface area contributed by atoms with E-state index in [0.717, 1.165) is 48.4 Å². The molecule has 1 unspecified atom stereocenters. The van der Waals surface area contributed by atoms with Crippen LogP contribution in [0.5, 0.6) is 0 Å². The number of piperidine rings is 1. The second-order valence-electron chi connectivity index (χ2n) is 7.09. The highest BCUT2D eigenvalue weighted by atomic mass is 32.1. The Hall–Kier alpha value is -2.48. The van der Waals surface area contributed by atoms with Gasteiger partial charge in [-0.25, -0.2) is 15.0 Å². The molecule has 1 spiro atoms. The van der Waals surface area contributed by atoms with Crippen LogP contribution in [0.25, 0.3) is 10.2 Å². The van der Waals surface area contributed by atoms with Gasteiger partial charge in [-0.1, -0.05) is 0 Å². The van der Waals surface area contributed by atoms with E-state index < -0.39 is 0 Å². The summed E-state index contributed by atoms with van der Waals surface area (Å²) < 4.78 is 8.79. The van der Waals surface area contributed by atoms with Crippen LogP contribution in [0.2, 0.25) is 0 Å². The van der Waals surface area contributed by atoms with E-state index in [1.54, 1.807) is 30.2 Å². The van der Waals surface area contributed by atoms with Crippen LogP contribution in [0.3, 0.4) is 0 Å². The normalized spacial score (nSPS) is 22.2. The van der Waals surface area contributed by atoms with Crippen molar-refractivity contribution in [2.24, 2.45) is 5.41 Å². The number of cyclic esters (lactones) is 1. The Bertz CT molecular complexity index is 930. The highest BCUT2D eigenvalue weighted by Crippen LogP contribution is 2.44. The molecule has 0 radical (unpaired) electrons. The standard InChI is InChI=1S/C18H19N5O2S/c24-17-18(9-13(25-17)10-22-7-4-19-12-22)2-5-23(6-3-18)16-15-14(1-8-26-15)20-11-21-16/h1,4,7-8,11-13H,2-3,5-6,9-10H2. The Kier molecular flexibility index (Phi) is 3.66. The second kappa shape index (κ2) is 6.05. The maximum atomic E-state index is 12.6. The predicted molar refractivity (Wildman–Crippen MR) is 98.0 cm³/mol. The minimum absolute atomic E-state index is 0.0359. The molecule has 134 valence electrons. The van der Waals surface area contributed by atoms with Gasteiger partial charge >= 0.3 is 5.97 Å². The van der Waals surface area contributed by atoms with Crippen LogP contribution in [0.15, 0.2) is 36.5 Å². The van der Waals surface area contributed by atoms with Crippen LogP contribution in [-0.4, -0.2) is 44.7 Å². The van der Waals surface area contributed by atoms with Gasteiger partial charge in [-0.3, -0.25) is 4.79 Å². The molecule has 8 heteroatoms. The maximum Gasteiger partial charge on any atom is 0.312 e. The summed E-state index contributed by atoms with van der Waals surface area (Å²) in [5.41, 5.74) is 0.643. The zero-order chi connectivity index (χ0) is 17.6. The summed E-state index contributed by atoms with van der Waals surface area (Å²) in [5.74, 6) is 0.951. The smallest absolute Gasteiger partial charge is 0.312 e. The van der Waals surface area contributed by atoms with Crippen molar-refractivity contribution in [2.75, 3.05) is 18.0 Å². The van der Waals surface area contributed by atoms with Crippen molar-refractivity contribution >= 4 is 33.3 Å². The zero-order valence-corrected chi connectivity index (χ0v) is 15.1. The Morgan fingerprint density at radius 2 is 2.19 bits per heavy atom. The molecule has 5 heterocycles. The maximum absolute atomic E-state index is 12.6. The molecular weight excluding hydrogens is 350 g/mol. The topological polar surface area (TPSA) is 73.1 Å². The van der Waals surface area contributed by atoms with Gasteiger partial charge in [-0.2, -0.15) is 0 Å². The number of thiophene rings is 1. The molecule has 0 N–H and O–H groups in total. The van der Waals surface area contributed by atoms with Crippen LogP contribution in [0.4, 0.5) is 5.82 Å². The SMILES string of the molecule is O=C1OC(Cn2ccnc2)CC12CCN(c1ncnc3ccsc13)CC2. The van der Waals surface area contributed by atoms with E-state index in [2.05, 4.69) is 19.9 Å². The van der Waals surface area contributed by atoms with Gasteiger partial charge in [-0.15, -0.1) is 11.3 Å². The number of nitrogens with zero attached hydrogens (tertiary/aromatic N) is 5. The van der Waals surface area contributed by atoms with Crippen molar-refractivity contribution in [3.05, 3.63) is 36.5 Å². The van der Waals surface area contributed by atoms with Crippen molar-refractivity contribution in [1.29, 1.82) is 0 Å². The van der Waals surface area contributed by atoms with Gasteiger partial charge in [0.15, 0.2) is 0 Å². The minimum Gasteiger partial charge on any atom is -0.460 e. The van der Waals surface area contributed by atoms with Gasteiger partial charge in [-0.05, 0) is 24.3 Å². The average Bonchev–Trinajstić information content (AvgIpc) is 3.38. The van der Waals surface area contributed by atoms with Crippen LogP contribution in [0, 0.1) is 5.41 Å². The molecule has 2 aliphatic rings. The number of ether oxygens (including phenoxy) is 1. The van der Waals surface area contributed by atoms with Crippen molar-refractivity contribution in [3.63, 3.8) is 0 Å². The lowest BCUT2D eigenvalue weighted by Crippen LogP contribution is -2.43. The van der Waals surface area contributed by atoms with Crippen LogP contribution >= 0.6 is 11.3 Å². The van der Waals surface area contributed by atoms with Crippen LogP contribution in [-0.2, 0) is 16.1 Å². The third-order valence-electron chi connectivity index (χ3n) is 5.54. The second-order valence-corrected chi connectivity index (χ2v) is 8.01. The number of esters is 1. The van der Waals surface area contributed by atoms with Crippen molar-refractivity contribution < 1.29 is 9.53 Å². The lowest BCUT2D eigenvalue weighted by molar-refractivity contribution is -0.150. The summed E-state index contributed by atoms with van der Waals surface area (Å²) in [6.07, 6.45) is 9.39. The number of rotatable bonds is 3. The van der Waals surface area contributed by atoms with E-state index >= 15 is 0 Å². The van der Waals surface area contributed by atoms with Gasteiger partial charge < -0.3 is 14.2 Å². The summed E-state index contributed by atoms with van der Waals surface area (Å²) in [4.78, 5) is 27.8. The lowest BCUT2D eigenvalue weighted by atomic mass is 9.76. The van der Waals surface area contributed by atoms with Gasteiger partial charge in [0.2, 0.25) is 0 Å². The van der Waals surface area contributed by atoms with Crippen molar-refractivity contribution in [3.8, 4) is 0 Å². The zero-order valence-electron chi connectivity index (χ0n) is 14.2. The number of fused-ring (bicyclic) bond motifs is 1. The molecule has 7 nitrogen and oxygen atoms in total. The average molecular weight is 369 g/mol. The molecule has 0 aliphatic carbocycles. The van der Waals surface area contributed by atoms with E-state index in [1.807, 2.05) is 22.2 Å². The number of hydrogen-bond donors (Lipinski definition) is 0. The minimum atomic E-state index is -0.344. The first-order valence-electron chi connectivity index (χ1n) is 8.83. The molecule has 2 aliphatic heterocycles. The summed E-state index contributed by atoms with van der Waals surface area (Å²) >= 11 is 1.67. The van der Waals surface area contributed by atoms with E-state index in [-0.39, 0.29) is 17.5 Å². The fourth-order valence-corrected chi connectivity index (χ4v) is 4.99. The highest BCUT2D eigenvalue weighted by molar-refractivity contribution is 7.17. The number of carbonyl (C=O) groups is 1. The number of carbonyl (C=O) groups excluding carboxylic acids is 1. The Balaban J connectivity index is 1.30. The largest absolute Gasteiger partial charge is 0.460 e. The summed E-state index contributed by atoms with van der Waals surface area (Å²) in [5, 5.41) is 2.04. The fraction of sp³-hybridized carbons (Fsp3) is 0.444. The number of hydrogen-bond acceptors (Lipinski definition) is 7. The Morgan fingerprint density at radius 1 is 1.31 bits per heavy atom. The van der Waals surface area contributed by atoms with E-state index in [4.69, 9.17) is 4.74 Å². The monoisotopic (exact) mass is 369 g/mol. The molecule has 0 saturated carbocycles. The molecule has 2 saturated heterocycles. The molecule has 2 fully saturated rings. The quantitative estimate of drug-likeness (QED) is 0.661. The van der Waals surface area contributed by atoms with Crippen molar-refractivity contribution in [2.45, 2.75) is 31.9 Å². The highest BCUT2D eigenvalue weighted by Gasteiger charge is 2.50. The van der Waals surface area contributed by atoms with Gasteiger partial charge in [0.25, 0.3) is 0 Å². The molecule has 0 aromatic carbocycles. The number of anilines is 1. The molecule has 3 aromatic heterocycles. The molecular formula is C18H19N5O2S. The van der Waals surface area contributed by atoms with Crippen molar-refractivity contribution in [1.82, 2.24) is 19.5 Å². The molecule has 26 heavy (non-hydrogen) atoms. The summed E-state index contributed by atoms with van der Waals surface area (Å²) in [7, 11) is 0. The summed E-state index contributed by atoms with van der Waals surface area (Å²) in [6, 6.07) is 2.02. The predicted octanol–water partition coefficient (Wildman–Crippen LogP) is 2.49. The molecule has 3 aromatic rings. The molecule has 0 amide bonds. The third-order valence-corrected chi connectivity index (χ3v) is 6.44. The fourth-order valence-electron chi connectivity index (χ4n) is 4.12. The van der Waals surface area contributed by atoms with Gasteiger partial charge in [0.05, 0.1) is 28.5 Å². The first-order valence-corrected chi connectivity index (χ1v) is 9.71. The summed E-state index contributed by atoms with van der Waals surface area (Å²) in [6.45, 7) is 2.31. The van der Waals surface area contributed by atoms with E-state index in [1.165, 1.54) is 0 Å².